The lowest BCUT2D eigenvalue weighted by molar-refractivity contribution is -0.00875. The highest BCUT2D eigenvalue weighted by Gasteiger charge is 2.52. The first kappa shape index (κ1) is 11.5. The molecular formula is C15H21N3O. The summed E-state index contributed by atoms with van der Waals surface area (Å²) in [6.07, 6.45) is 7.97. The van der Waals surface area contributed by atoms with Crippen molar-refractivity contribution in [2.24, 2.45) is 24.8 Å². The average Bonchev–Trinajstić information content (AvgIpc) is 2.32. The highest BCUT2D eigenvalue weighted by Crippen LogP contribution is 2.60. The van der Waals surface area contributed by atoms with Crippen molar-refractivity contribution in [1.29, 1.82) is 0 Å². The molecule has 0 atom stereocenters. The van der Waals surface area contributed by atoms with Crippen LogP contribution in [0.15, 0.2) is 10.9 Å². The summed E-state index contributed by atoms with van der Waals surface area (Å²) in [6, 6.07) is 1.74. The van der Waals surface area contributed by atoms with Crippen molar-refractivity contribution in [3.63, 3.8) is 0 Å². The van der Waals surface area contributed by atoms with Gasteiger partial charge in [-0.05, 0) is 56.3 Å². The number of hydrogen-bond acceptors (Lipinski definition) is 3. The summed E-state index contributed by atoms with van der Waals surface area (Å²) in [5.74, 6) is 2.97. The number of nitrogen functional groups attached to an aromatic ring is 1. The fourth-order valence-corrected chi connectivity index (χ4v) is 5.49. The van der Waals surface area contributed by atoms with Crippen molar-refractivity contribution in [2.45, 2.75) is 43.9 Å². The number of rotatable bonds is 1. The quantitative estimate of drug-likeness (QED) is 0.837. The van der Waals surface area contributed by atoms with Gasteiger partial charge in [-0.15, -0.1) is 0 Å². The van der Waals surface area contributed by atoms with E-state index in [0.29, 0.717) is 5.95 Å². The molecule has 5 rings (SSSR count). The Morgan fingerprint density at radius 3 is 2.26 bits per heavy atom. The lowest BCUT2D eigenvalue weighted by Crippen LogP contribution is -2.50. The molecule has 19 heavy (non-hydrogen) atoms. The van der Waals surface area contributed by atoms with Gasteiger partial charge in [-0.2, -0.15) is 4.98 Å². The zero-order valence-electron chi connectivity index (χ0n) is 11.4. The number of anilines is 1. The van der Waals surface area contributed by atoms with E-state index in [-0.39, 0.29) is 11.0 Å². The third-order valence-corrected chi connectivity index (χ3v) is 5.77. The number of nitrogens with two attached hydrogens (primary N) is 1. The molecule has 4 heteroatoms. The minimum absolute atomic E-state index is 0.179. The van der Waals surface area contributed by atoms with Crippen LogP contribution in [-0.2, 0) is 12.5 Å². The van der Waals surface area contributed by atoms with E-state index in [1.807, 2.05) is 11.6 Å². The molecule has 2 N–H and O–H groups in total. The summed E-state index contributed by atoms with van der Waals surface area (Å²) in [4.78, 5) is 15.6. The standard InChI is InChI=1S/C15H21N3O/c1-18-12(5-13(19)17-14(18)16)15-6-9-2-10(7-15)4-11(3-9)8-15/h5,9-11H,2-4,6-8H2,1H3,(H2,16,17,19). The van der Waals surface area contributed by atoms with Gasteiger partial charge in [-0.25, -0.2) is 0 Å². The summed E-state index contributed by atoms with van der Waals surface area (Å²) in [5, 5.41) is 0. The second-order valence-electron chi connectivity index (χ2n) is 7.09. The fraction of sp³-hybridized carbons (Fsp3) is 0.733. The second-order valence-corrected chi connectivity index (χ2v) is 7.09. The first-order chi connectivity index (χ1) is 9.06. The number of aromatic nitrogens is 2. The minimum Gasteiger partial charge on any atom is -0.369 e. The van der Waals surface area contributed by atoms with Crippen LogP contribution in [0.4, 0.5) is 5.95 Å². The predicted molar refractivity (Wildman–Crippen MR) is 73.7 cm³/mol. The normalized spacial score (nSPS) is 39.7. The van der Waals surface area contributed by atoms with Crippen LogP contribution in [0.2, 0.25) is 0 Å². The Balaban J connectivity index is 1.86. The highest BCUT2D eigenvalue weighted by molar-refractivity contribution is 5.29. The molecule has 4 bridgehead atoms. The largest absolute Gasteiger partial charge is 0.369 e. The van der Waals surface area contributed by atoms with Crippen molar-refractivity contribution < 1.29 is 0 Å². The van der Waals surface area contributed by atoms with Crippen LogP contribution >= 0.6 is 0 Å². The van der Waals surface area contributed by atoms with Gasteiger partial charge in [-0.3, -0.25) is 4.79 Å². The Morgan fingerprint density at radius 2 is 1.74 bits per heavy atom. The number of hydrogen-bond donors (Lipinski definition) is 1. The molecule has 0 spiro atoms. The van der Waals surface area contributed by atoms with E-state index in [2.05, 4.69) is 4.98 Å². The van der Waals surface area contributed by atoms with Gasteiger partial charge in [0, 0.05) is 24.2 Å². The van der Waals surface area contributed by atoms with Gasteiger partial charge >= 0.3 is 0 Å². The zero-order valence-corrected chi connectivity index (χ0v) is 11.4. The first-order valence-corrected chi connectivity index (χ1v) is 7.40. The second kappa shape index (κ2) is 3.62. The SMILES string of the molecule is Cn1c(C23CC4CC(CC(C4)C2)C3)cc(=O)nc1N. The molecule has 0 unspecified atom stereocenters. The Kier molecular flexibility index (Phi) is 2.19. The highest BCUT2D eigenvalue weighted by atomic mass is 16.1. The lowest BCUT2D eigenvalue weighted by atomic mass is 9.48. The van der Waals surface area contributed by atoms with Crippen LogP contribution in [0, 0.1) is 17.8 Å². The smallest absolute Gasteiger partial charge is 0.274 e. The summed E-state index contributed by atoms with van der Waals surface area (Å²) in [5.41, 5.74) is 7.06. The van der Waals surface area contributed by atoms with Gasteiger partial charge in [0.1, 0.15) is 0 Å². The van der Waals surface area contributed by atoms with E-state index in [9.17, 15) is 4.79 Å². The molecule has 0 amide bonds. The van der Waals surface area contributed by atoms with Crippen LogP contribution in [-0.4, -0.2) is 9.55 Å². The van der Waals surface area contributed by atoms with Gasteiger partial charge in [-0.1, -0.05) is 0 Å². The molecule has 4 nitrogen and oxygen atoms in total. The molecule has 1 aromatic heterocycles. The summed E-state index contributed by atoms with van der Waals surface area (Å²) in [7, 11) is 1.95. The fourth-order valence-electron chi connectivity index (χ4n) is 5.49. The van der Waals surface area contributed by atoms with Crippen molar-refractivity contribution in [3.8, 4) is 0 Å². The van der Waals surface area contributed by atoms with Crippen LogP contribution in [0.3, 0.4) is 0 Å². The summed E-state index contributed by atoms with van der Waals surface area (Å²) in [6.45, 7) is 0. The van der Waals surface area contributed by atoms with Crippen LogP contribution in [0.1, 0.15) is 44.2 Å². The molecule has 4 aliphatic carbocycles. The Morgan fingerprint density at radius 1 is 1.21 bits per heavy atom. The third kappa shape index (κ3) is 1.58. The number of nitrogens with zero attached hydrogens (tertiary/aromatic N) is 2. The molecular weight excluding hydrogens is 238 g/mol. The minimum atomic E-state index is -0.179. The van der Waals surface area contributed by atoms with Crippen LogP contribution in [0.5, 0.6) is 0 Å². The van der Waals surface area contributed by atoms with E-state index >= 15 is 0 Å². The van der Waals surface area contributed by atoms with Gasteiger partial charge in [0.15, 0.2) is 0 Å². The van der Waals surface area contributed by atoms with Gasteiger partial charge in [0.05, 0.1) is 0 Å². The van der Waals surface area contributed by atoms with Crippen LogP contribution < -0.4 is 11.3 Å². The van der Waals surface area contributed by atoms with Crippen molar-refractivity contribution >= 4 is 5.95 Å². The van der Waals surface area contributed by atoms with Gasteiger partial charge < -0.3 is 10.3 Å². The molecule has 4 fully saturated rings. The van der Waals surface area contributed by atoms with Crippen molar-refractivity contribution in [2.75, 3.05) is 5.73 Å². The molecule has 0 radical (unpaired) electrons. The van der Waals surface area contributed by atoms with E-state index in [1.165, 1.54) is 38.5 Å². The maximum atomic E-state index is 11.8. The lowest BCUT2D eigenvalue weighted by Gasteiger charge is -2.57. The summed E-state index contributed by atoms with van der Waals surface area (Å²) >= 11 is 0. The van der Waals surface area contributed by atoms with Crippen LogP contribution in [0.25, 0.3) is 0 Å². The third-order valence-electron chi connectivity index (χ3n) is 5.77. The van der Waals surface area contributed by atoms with Gasteiger partial charge in [0.2, 0.25) is 5.95 Å². The van der Waals surface area contributed by atoms with E-state index in [0.717, 1.165) is 23.4 Å². The Bertz CT molecular complexity index is 554. The summed E-state index contributed by atoms with van der Waals surface area (Å²) < 4.78 is 1.95. The monoisotopic (exact) mass is 259 g/mol. The molecule has 1 heterocycles. The van der Waals surface area contributed by atoms with Gasteiger partial charge in [0.25, 0.3) is 5.56 Å². The average molecular weight is 259 g/mol. The molecule has 0 aliphatic heterocycles. The van der Waals surface area contributed by atoms with E-state index in [4.69, 9.17) is 5.73 Å². The molecule has 4 saturated carbocycles. The van der Waals surface area contributed by atoms with E-state index in [1.54, 1.807) is 6.07 Å². The maximum absolute atomic E-state index is 11.8. The zero-order chi connectivity index (χ0) is 13.2. The molecule has 102 valence electrons. The molecule has 0 saturated heterocycles. The van der Waals surface area contributed by atoms with E-state index < -0.39 is 0 Å². The molecule has 0 aromatic carbocycles. The Labute approximate surface area is 113 Å². The Hall–Kier alpha value is -1.32. The van der Waals surface area contributed by atoms with Crippen molar-refractivity contribution in [3.05, 3.63) is 22.1 Å². The predicted octanol–water partition coefficient (Wildman–Crippen LogP) is 1.83. The first-order valence-electron chi connectivity index (χ1n) is 7.40. The molecule has 1 aromatic rings. The molecule has 4 aliphatic rings. The van der Waals surface area contributed by atoms with Crippen molar-refractivity contribution in [1.82, 2.24) is 9.55 Å². The topological polar surface area (TPSA) is 60.9 Å². The maximum Gasteiger partial charge on any atom is 0.274 e.